The molecule has 2 rings (SSSR count). The second-order valence-corrected chi connectivity index (χ2v) is 6.18. The maximum atomic E-state index is 9.44. The van der Waals surface area contributed by atoms with Crippen molar-refractivity contribution in [2.75, 3.05) is 0 Å². The van der Waals surface area contributed by atoms with Crippen LogP contribution in [0.25, 0.3) is 0 Å². The number of hydrogen-bond donors (Lipinski definition) is 0. The predicted molar refractivity (Wildman–Crippen MR) is 88.5 cm³/mol. The third kappa shape index (κ3) is 3.46. The van der Waals surface area contributed by atoms with Crippen LogP contribution < -0.4 is 0 Å². The Bertz CT molecular complexity index is 682. The van der Waals surface area contributed by atoms with Crippen molar-refractivity contribution in [1.29, 1.82) is 5.26 Å². The lowest BCUT2D eigenvalue weighted by Crippen LogP contribution is -2.02. The Morgan fingerprint density at radius 1 is 1.14 bits per heavy atom. The number of nitriles is 1. The molecule has 0 fully saturated rings. The van der Waals surface area contributed by atoms with Crippen LogP contribution in [-0.2, 0) is 12.2 Å². The van der Waals surface area contributed by atoms with Crippen molar-refractivity contribution >= 4 is 11.8 Å². The van der Waals surface area contributed by atoms with Crippen molar-refractivity contribution in [3.8, 4) is 6.07 Å². The number of thioether (sulfide) groups is 1. The minimum Gasteiger partial charge on any atom is -0.245 e. The smallest absolute Gasteiger partial charge is 0.115 e. The number of nitrogens with zero attached hydrogens (tertiary/aromatic N) is 2. The van der Waals surface area contributed by atoms with Gasteiger partial charge in [-0.2, -0.15) is 5.26 Å². The lowest BCUT2D eigenvalue weighted by molar-refractivity contribution is 0.953. The van der Waals surface area contributed by atoms with Crippen molar-refractivity contribution in [3.05, 3.63) is 57.8 Å². The molecule has 108 valence electrons. The highest BCUT2D eigenvalue weighted by Crippen LogP contribution is 2.29. The molecule has 0 saturated carbocycles. The van der Waals surface area contributed by atoms with E-state index in [9.17, 15) is 5.26 Å². The fourth-order valence-corrected chi connectivity index (χ4v) is 3.49. The van der Waals surface area contributed by atoms with Gasteiger partial charge in [-0.25, -0.2) is 4.98 Å². The molecular weight excluding hydrogens is 276 g/mol. The summed E-state index contributed by atoms with van der Waals surface area (Å²) in [5.74, 6) is 0.840. The van der Waals surface area contributed by atoms with Gasteiger partial charge in [-0.15, -0.1) is 11.8 Å². The first-order valence-electron chi connectivity index (χ1n) is 7.15. The van der Waals surface area contributed by atoms with Gasteiger partial charge in [-0.05, 0) is 43.9 Å². The van der Waals surface area contributed by atoms with E-state index in [1.807, 2.05) is 13.8 Å². The number of rotatable bonds is 4. The van der Waals surface area contributed by atoms with Gasteiger partial charge in [-0.3, -0.25) is 0 Å². The van der Waals surface area contributed by atoms with E-state index in [-0.39, 0.29) is 0 Å². The first-order chi connectivity index (χ1) is 10.1. The number of hydrogen-bond acceptors (Lipinski definition) is 3. The van der Waals surface area contributed by atoms with Gasteiger partial charge in [0.05, 0.1) is 5.56 Å². The summed E-state index contributed by atoms with van der Waals surface area (Å²) in [6.07, 6.45) is 0.919. The van der Waals surface area contributed by atoms with Crippen molar-refractivity contribution in [1.82, 2.24) is 4.98 Å². The van der Waals surface area contributed by atoms with Crippen LogP contribution in [0.5, 0.6) is 0 Å². The zero-order chi connectivity index (χ0) is 15.4. The molecule has 1 aromatic carbocycles. The van der Waals surface area contributed by atoms with Crippen LogP contribution >= 0.6 is 11.8 Å². The summed E-state index contributed by atoms with van der Waals surface area (Å²) < 4.78 is 0. The van der Waals surface area contributed by atoms with Crippen molar-refractivity contribution in [3.63, 3.8) is 0 Å². The zero-order valence-electron chi connectivity index (χ0n) is 13.0. The standard InChI is InChI=1S/C18H20N2S/c1-5-16-13(3)17(10-19)18(20-14(16)4)21-11-15-8-6-12(2)7-9-15/h6-9H,5,11H2,1-4H3. The normalized spacial score (nSPS) is 10.4. The molecule has 2 aromatic rings. The summed E-state index contributed by atoms with van der Waals surface area (Å²) >= 11 is 1.64. The van der Waals surface area contributed by atoms with Gasteiger partial charge in [0.2, 0.25) is 0 Å². The minimum atomic E-state index is 0.731. The van der Waals surface area contributed by atoms with Gasteiger partial charge in [0.15, 0.2) is 0 Å². The SMILES string of the molecule is CCc1c(C)nc(SCc2ccc(C)cc2)c(C#N)c1C. The zero-order valence-corrected chi connectivity index (χ0v) is 13.8. The number of aromatic nitrogens is 1. The Morgan fingerprint density at radius 2 is 1.81 bits per heavy atom. The predicted octanol–water partition coefficient (Wildman–Crippen LogP) is 4.73. The molecule has 0 aliphatic rings. The second kappa shape index (κ2) is 6.78. The van der Waals surface area contributed by atoms with E-state index < -0.39 is 0 Å². The molecule has 0 aliphatic carbocycles. The Morgan fingerprint density at radius 3 is 2.38 bits per heavy atom. The highest BCUT2D eigenvalue weighted by Gasteiger charge is 2.14. The Balaban J connectivity index is 2.28. The molecule has 0 saturated heterocycles. The average molecular weight is 296 g/mol. The van der Waals surface area contributed by atoms with E-state index in [4.69, 9.17) is 0 Å². The van der Waals surface area contributed by atoms with Crippen LogP contribution in [0, 0.1) is 32.1 Å². The van der Waals surface area contributed by atoms with Crippen molar-refractivity contribution in [2.24, 2.45) is 0 Å². The summed E-state index contributed by atoms with van der Waals surface area (Å²) in [4.78, 5) is 4.65. The van der Waals surface area contributed by atoms with Gasteiger partial charge in [0, 0.05) is 11.4 Å². The van der Waals surface area contributed by atoms with Crippen LogP contribution in [0.15, 0.2) is 29.3 Å². The fraction of sp³-hybridized carbons (Fsp3) is 0.333. The summed E-state index contributed by atoms with van der Waals surface area (Å²) in [6, 6.07) is 10.8. The van der Waals surface area contributed by atoms with Crippen LogP contribution in [0.3, 0.4) is 0 Å². The molecular formula is C18H20N2S. The lowest BCUT2D eigenvalue weighted by atomic mass is 10.0. The van der Waals surface area contributed by atoms with Crippen molar-refractivity contribution in [2.45, 2.75) is 44.9 Å². The first kappa shape index (κ1) is 15.6. The molecule has 0 amide bonds. The maximum Gasteiger partial charge on any atom is 0.115 e. The fourth-order valence-electron chi connectivity index (χ4n) is 2.45. The average Bonchev–Trinajstić information content (AvgIpc) is 2.47. The molecule has 0 radical (unpaired) electrons. The van der Waals surface area contributed by atoms with Crippen LogP contribution in [0.4, 0.5) is 0 Å². The van der Waals surface area contributed by atoms with E-state index in [2.05, 4.69) is 49.2 Å². The van der Waals surface area contributed by atoms with Gasteiger partial charge in [-0.1, -0.05) is 36.8 Å². The van der Waals surface area contributed by atoms with E-state index in [1.165, 1.54) is 16.7 Å². The van der Waals surface area contributed by atoms with Gasteiger partial charge >= 0.3 is 0 Å². The first-order valence-corrected chi connectivity index (χ1v) is 8.13. The number of pyridine rings is 1. The molecule has 21 heavy (non-hydrogen) atoms. The van der Waals surface area contributed by atoms with Gasteiger partial charge in [0.1, 0.15) is 11.1 Å². The lowest BCUT2D eigenvalue weighted by Gasteiger charge is -2.12. The highest BCUT2D eigenvalue weighted by atomic mass is 32.2. The Kier molecular flexibility index (Phi) is 5.03. The molecule has 0 N–H and O–H groups in total. The van der Waals surface area contributed by atoms with Crippen molar-refractivity contribution < 1.29 is 0 Å². The van der Waals surface area contributed by atoms with E-state index >= 15 is 0 Å². The van der Waals surface area contributed by atoms with Crippen LogP contribution in [-0.4, -0.2) is 4.98 Å². The largest absolute Gasteiger partial charge is 0.245 e. The van der Waals surface area contributed by atoms with Gasteiger partial charge in [0.25, 0.3) is 0 Å². The van der Waals surface area contributed by atoms with E-state index in [1.54, 1.807) is 11.8 Å². The number of aryl methyl sites for hydroxylation is 2. The molecule has 0 bridgehead atoms. The quantitative estimate of drug-likeness (QED) is 0.765. The second-order valence-electron chi connectivity index (χ2n) is 5.22. The molecule has 2 nitrogen and oxygen atoms in total. The van der Waals surface area contributed by atoms with Gasteiger partial charge < -0.3 is 0 Å². The van der Waals surface area contributed by atoms with E-state index in [0.29, 0.717) is 0 Å². The summed E-state index contributed by atoms with van der Waals surface area (Å²) in [6.45, 7) is 8.25. The van der Waals surface area contributed by atoms with Crippen LogP contribution in [0.1, 0.15) is 40.4 Å². The van der Waals surface area contributed by atoms with E-state index in [0.717, 1.165) is 34.0 Å². The highest BCUT2D eigenvalue weighted by molar-refractivity contribution is 7.98. The third-order valence-electron chi connectivity index (χ3n) is 3.71. The molecule has 3 heteroatoms. The summed E-state index contributed by atoms with van der Waals surface area (Å²) in [5.41, 5.74) is 6.57. The Labute approximate surface area is 131 Å². The monoisotopic (exact) mass is 296 g/mol. The minimum absolute atomic E-state index is 0.731. The maximum absolute atomic E-state index is 9.44. The molecule has 0 spiro atoms. The molecule has 0 atom stereocenters. The third-order valence-corrected chi connectivity index (χ3v) is 4.76. The summed E-state index contributed by atoms with van der Waals surface area (Å²) in [5, 5.41) is 10.3. The molecule has 0 aliphatic heterocycles. The Hall–Kier alpha value is -1.79. The number of benzene rings is 1. The molecule has 0 unspecified atom stereocenters. The molecule has 1 heterocycles. The topological polar surface area (TPSA) is 36.7 Å². The molecule has 1 aromatic heterocycles. The summed E-state index contributed by atoms with van der Waals surface area (Å²) in [7, 11) is 0. The van der Waals surface area contributed by atoms with Crippen LogP contribution in [0.2, 0.25) is 0 Å².